The van der Waals surface area contributed by atoms with E-state index in [1.54, 1.807) is 6.33 Å². The van der Waals surface area contributed by atoms with Crippen molar-refractivity contribution in [3.63, 3.8) is 0 Å². The van der Waals surface area contributed by atoms with Gasteiger partial charge < -0.3 is 14.6 Å². The van der Waals surface area contributed by atoms with Crippen molar-refractivity contribution in [2.45, 2.75) is 19.7 Å². The molecule has 0 aliphatic carbocycles. The summed E-state index contributed by atoms with van der Waals surface area (Å²) in [6, 6.07) is 6.01. The van der Waals surface area contributed by atoms with Crippen molar-refractivity contribution in [2.24, 2.45) is 0 Å². The van der Waals surface area contributed by atoms with E-state index in [4.69, 9.17) is 5.11 Å². The summed E-state index contributed by atoms with van der Waals surface area (Å²) in [7, 11) is 0. The molecule has 0 atom stereocenters. The lowest BCUT2D eigenvalue weighted by Gasteiger charge is -2.29. The summed E-state index contributed by atoms with van der Waals surface area (Å²) < 4.78 is 3.02. The molecule has 2 aromatic rings. The van der Waals surface area contributed by atoms with Gasteiger partial charge in [-0.3, -0.25) is 0 Å². The molecule has 2 heterocycles. The van der Waals surface area contributed by atoms with Crippen molar-refractivity contribution >= 4 is 21.6 Å². The van der Waals surface area contributed by atoms with Crippen molar-refractivity contribution in [3.8, 4) is 0 Å². The molecule has 3 rings (SSSR count). The van der Waals surface area contributed by atoms with Crippen molar-refractivity contribution in [1.82, 2.24) is 14.8 Å². The predicted octanol–water partition coefficient (Wildman–Crippen LogP) is 1.55. The maximum Gasteiger partial charge on any atom is 0.152 e. The van der Waals surface area contributed by atoms with Crippen LogP contribution >= 0.6 is 15.9 Å². The van der Waals surface area contributed by atoms with Crippen molar-refractivity contribution in [1.29, 1.82) is 0 Å². The molecule has 1 aromatic heterocycles. The Labute approximate surface area is 113 Å². The minimum atomic E-state index is 0.0508. The second kappa shape index (κ2) is 4.70. The molecule has 0 unspecified atom stereocenters. The highest BCUT2D eigenvalue weighted by Gasteiger charge is 2.18. The average Bonchev–Trinajstić information content (AvgIpc) is 2.85. The number of anilines is 1. The minimum Gasteiger partial charge on any atom is -0.392 e. The number of fused-ring (bicyclic) bond motifs is 1. The van der Waals surface area contributed by atoms with Crippen LogP contribution in [0.1, 0.15) is 11.4 Å². The van der Waals surface area contributed by atoms with Crippen LogP contribution in [0.3, 0.4) is 0 Å². The summed E-state index contributed by atoms with van der Waals surface area (Å²) >= 11 is 3.48. The quantitative estimate of drug-likeness (QED) is 0.914. The van der Waals surface area contributed by atoms with Gasteiger partial charge in [0.25, 0.3) is 0 Å². The van der Waals surface area contributed by atoms with Gasteiger partial charge in [-0.15, -0.1) is 10.2 Å². The van der Waals surface area contributed by atoms with Gasteiger partial charge in [-0.1, -0.05) is 22.0 Å². The Morgan fingerprint density at radius 1 is 1.33 bits per heavy atom. The second-order valence-electron chi connectivity index (χ2n) is 4.30. The highest BCUT2D eigenvalue weighted by Crippen LogP contribution is 2.26. The van der Waals surface area contributed by atoms with Crippen LogP contribution in [0.5, 0.6) is 0 Å². The predicted molar refractivity (Wildman–Crippen MR) is 71.1 cm³/mol. The zero-order valence-electron chi connectivity index (χ0n) is 9.75. The Morgan fingerprint density at radius 3 is 3.00 bits per heavy atom. The normalized spacial score (nSPS) is 14.7. The van der Waals surface area contributed by atoms with Crippen LogP contribution < -0.4 is 4.90 Å². The summed E-state index contributed by atoms with van der Waals surface area (Å²) in [6.07, 6.45) is 1.78. The fraction of sp³-hybridized carbons (Fsp3) is 0.333. The molecule has 6 heteroatoms. The molecular weight excluding hydrogens is 296 g/mol. The first-order chi connectivity index (χ1) is 8.78. The third kappa shape index (κ3) is 2.02. The van der Waals surface area contributed by atoms with Gasteiger partial charge in [-0.2, -0.15) is 0 Å². The van der Waals surface area contributed by atoms with E-state index in [1.165, 1.54) is 0 Å². The van der Waals surface area contributed by atoms with Crippen LogP contribution in [0.2, 0.25) is 0 Å². The lowest BCUT2D eigenvalue weighted by Crippen LogP contribution is -2.33. The van der Waals surface area contributed by atoms with E-state index < -0.39 is 0 Å². The summed E-state index contributed by atoms with van der Waals surface area (Å²) in [5.41, 5.74) is 2.03. The Hall–Kier alpha value is -1.40. The zero-order chi connectivity index (χ0) is 12.5. The van der Waals surface area contributed by atoms with Crippen molar-refractivity contribution < 1.29 is 5.11 Å². The molecule has 1 aromatic carbocycles. The monoisotopic (exact) mass is 308 g/mol. The van der Waals surface area contributed by atoms with Gasteiger partial charge in [-0.25, -0.2) is 0 Å². The Morgan fingerprint density at radius 2 is 2.22 bits per heavy atom. The SMILES string of the molecule is OCc1ccc(N2CCn3cnnc3C2)cc1Br. The fourth-order valence-corrected chi connectivity index (χ4v) is 2.64. The van der Waals surface area contributed by atoms with Gasteiger partial charge in [-0.05, 0) is 17.7 Å². The van der Waals surface area contributed by atoms with Crippen LogP contribution in [0.25, 0.3) is 0 Å². The number of aliphatic hydroxyl groups excluding tert-OH is 1. The van der Waals surface area contributed by atoms with Crippen LogP contribution in [0.4, 0.5) is 5.69 Å². The molecule has 0 radical (unpaired) electrons. The largest absolute Gasteiger partial charge is 0.392 e. The van der Waals surface area contributed by atoms with E-state index in [9.17, 15) is 0 Å². The van der Waals surface area contributed by atoms with E-state index in [-0.39, 0.29) is 6.61 Å². The summed E-state index contributed by atoms with van der Waals surface area (Å²) in [5.74, 6) is 0.989. The fourth-order valence-electron chi connectivity index (χ4n) is 2.15. The number of aromatic nitrogens is 3. The smallest absolute Gasteiger partial charge is 0.152 e. The van der Waals surface area contributed by atoms with E-state index in [2.05, 4.69) is 35.6 Å². The van der Waals surface area contributed by atoms with Crippen LogP contribution in [0.15, 0.2) is 29.0 Å². The van der Waals surface area contributed by atoms with Gasteiger partial charge in [0.15, 0.2) is 5.82 Å². The van der Waals surface area contributed by atoms with Gasteiger partial charge in [0.2, 0.25) is 0 Å². The molecule has 0 spiro atoms. The van der Waals surface area contributed by atoms with Crippen LogP contribution in [-0.4, -0.2) is 26.4 Å². The number of rotatable bonds is 2. The van der Waals surface area contributed by atoms with Gasteiger partial charge in [0.1, 0.15) is 6.33 Å². The topological polar surface area (TPSA) is 54.2 Å². The Balaban J connectivity index is 1.86. The summed E-state index contributed by atoms with van der Waals surface area (Å²) in [6.45, 7) is 2.66. The number of halogens is 1. The third-order valence-electron chi connectivity index (χ3n) is 3.21. The molecular formula is C12H13BrN4O. The second-order valence-corrected chi connectivity index (χ2v) is 5.15. The van der Waals surface area contributed by atoms with E-state index >= 15 is 0 Å². The molecule has 1 N–H and O–H groups in total. The van der Waals surface area contributed by atoms with E-state index in [0.717, 1.165) is 41.2 Å². The summed E-state index contributed by atoms with van der Waals surface area (Å²) in [5, 5.41) is 17.2. The Bertz CT molecular complexity index is 569. The molecule has 0 bridgehead atoms. The van der Waals surface area contributed by atoms with Gasteiger partial charge in [0.05, 0.1) is 13.2 Å². The first kappa shape index (κ1) is 11.7. The van der Waals surface area contributed by atoms with E-state index in [1.807, 2.05) is 18.2 Å². The number of hydrogen-bond acceptors (Lipinski definition) is 4. The lowest BCUT2D eigenvalue weighted by molar-refractivity contribution is 0.281. The Kier molecular flexibility index (Phi) is 3.05. The molecule has 5 nitrogen and oxygen atoms in total. The van der Waals surface area contributed by atoms with Gasteiger partial charge >= 0.3 is 0 Å². The zero-order valence-corrected chi connectivity index (χ0v) is 11.3. The molecule has 1 aliphatic rings. The highest BCUT2D eigenvalue weighted by atomic mass is 79.9. The molecule has 0 saturated heterocycles. The number of hydrogen-bond donors (Lipinski definition) is 1. The lowest BCUT2D eigenvalue weighted by atomic mass is 10.2. The molecule has 0 saturated carbocycles. The highest BCUT2D eigenvalue weighted by molar-refractivity contribution is 9.10. The molecule has 1 aliphatic heterocycles. The van der Waals surface area contributed by atoms with E-state index in [0.29, 0.717) is 0 Å². The van der Waals surface area contributed by atoms with Crippen molar-refractivity contribution in [3.05, 3.63) is 40.4 Å². The number of benzene rings is 1. The third-order valence-corrected chi connectivity index (χ3v) is 3.95. The molecule has 18 heavy (non-hydrogen) atoms. The standard InChI is InChI=1S/C12H13BrN4O/c13-11-5-10(2-1-9(11)7-18)16-3-4-17-8-14-15-12(17)6-16/h1-2,5,8,18H,3-4,6-7H2. The van der Waals surface area contributed by atoms with Crippen molar-refractivity contribution in [2.75, 3.05) is 11.4 Å². The first-order valence-electron chi connectivity index (χ1n) is 5.79. The summed E-state index contributed by atoms with van der Waals surface area (Å²) in [4.78, 5) is 2.26. The molecule has 94 valence electrons. The number of aliphatic hydroxyl groups is 1. The van der Waals surface area contributed by atoms with Crippen LogP contribution in [-0.2, 0) is 19.7 Å². The minimum absolute atomic E-state index is 0.0508. The first-order valence-corrected chi connectivity index (χ1v) is 6.58. The molecule has 0 amide bonds. The molecule has 0 fully saturated rings. The maximum atomic E-state index is 9.16. The van der Waals surface area contributed by atoms with Gasteiger partial charge in [0, 0.05) is 23.2 Å². The average molecular weight is 309 g/mol. The number of nitrogens with zero attached hydrogens (tertiary/aromatic N) is 4. The maximum absolute atomic E-state index is 9.16. The van der Waals surface area contributed by atoms with Crippen LogP contribution in [0, 0.1) is 0 Å².